The lowest BCUT2D eigenvalue weighted by molar-refractivity contribution is 0.0671. The summed E-state index contributed by atoms with van der Waals surface area (Å²) in [6, 6.07) is 2.59. The highest BCUT2D eigenvalue weighted by atomic mass is 35.5. The summed E-state index contributed by atoms with van der Waals surface area (Å²) in [4.78, 5) is 0. The Bertz CT molecular complexity index is 350. The van der Waals surface area contributed by atoms with Crippen LogP contribution in [0.25, 0.3) is 0 Å². The van der Waals surface area contributed by atoms with E-state index in [1.54, 1.807) is 0 Å². The van der Waals surface area contributed by atoms with Gasteiger partial charge >= 0.3 is 0 Å². The first-order valence-corrected chi connectivity index (χ1v) is 7.02. The van der Waals surface area contributed by atoms with Crippen molar-refractivity contribution >= 4 is 34.5 Å². The van der Waals surface area contributed by atoms with Crippen molar-refractivity contribution in [3.8, 4) is 0 Å². The summed E-state index contributed by atoms with van der Waals surface area (Å²) in [5, 5.41) is 3.53. The lowest BCUT2D eigenvalue weighted by Gasteiger charge is -2.26. The molecule has 1 aliphatic rings. The zero-order chi connectivity index (χ0) is 11.5. The van der Waals surface area contributed by atoms with Crippen LogP contribution in [0.4, 0.5) is 0 Å². The first-order valence-electron chi connectivity index (χ1n) is 5.45. The highest BCUT2D eigenvalue weighted by Crippen LogP contribution is 2.35. The first-order chi connectivity index (χ1) is 7.66. The van der Waals surface area contributed by atoms with Gasteiger partial charge in [0.15, 0.2) is 0 Å². The van der Waals surface area contributed by atoms with Crippen LogP contribution in [0.3, 0.4) is 0 Å². The van der Waals surface area contributed by atoms with Crippen molar-refractivity contribution < 1.29 is 4.74 Å². The Morgan fingerprint density at radius 2 is 2.38 bits per heavy atom. The molecule has 0 bridgehead atoms. The van der Waals surface area contributed by atoms with Gasteiger partial charge in [0.1, 0.15) is 0 Å². The van der Waals surface area contributed by atoms with E-state index >= 15 is 0 Å². The minimum atomic E-state index is 0.225. The van der Waals surface area contributed by atoms with Crippen LogP contribution in [0.15, 0.2) is 6.07 Å². The zero-order valence-electron chi connectivity index (χ0n) is 9.13. The van der Waals surface area contributed by atoms with Gasteiger partial charge in [0.05, 0.1) is 15.3 Å². The second-order valence-corrected chi connectivity index (χ2v) is 6.37. The van der Waals surface area contributed by atoms with Crippen LogP contribution in [0.2, 0.25) is 8.67 Å². The maximum atomic E-state index is 6.12. The number of thiophene rings is 1. The predicted octanol–water partition coefficient (Wildman–Crippen LogP) is 3.88. The Morgan fingerprint density at radius 1 is 1.56 bits per heavy atom. The molecule has 1 aliphatic heterocycles. The van der Waals surface area contributed by atoms with E-state index in [2.05, 4.69) is 12.2 Å². The average Bonchev–Trinajstić information content (AvgIpc) is 2.59. The fraction of sp³-hybridized carbons (Fsp3) is 0.636. The molecule has 2 atom stereocenters. The van der Waals surface area contributed by atoms with E-state index in [9.17, 15) is 0 Å². The van der Waals surface area contributed by atoms with Crippen LogP contribution in [0, 0.1) is 0 Å². The van der Waals surface area contributed by atoms with E-state index < -0.39 is 0 Å². The maximum absolute atomic E-state index is 6.12. The minimum Gasteiger partial charge on any atom is -0.380 e. The number of hydrogen-bond donors (Lipinski definition) is 1. The van der Waals surface area contributed by atoms with Gasteiger partial charge in [-0.1, -0.05) is 23.2 Å². The molecule has 90 valence electrons. The summed E-state index contributed by atoms with van der Waals surface area (Å²) in [6.07, 6.45) is 2.29. The average molecular weight is 280 g/mol. The first kappa shape index (κ1) is 12.7. The Hall–Kier alpha value is 0.200. The minimum absolute atomic E-state index is 0.225. The largest absolute Gasteiger partial charge is 0.380 e. The molecule has 0 aromatic carbocycles. The molecule has 1 aromatic heterocycles. The Balaban J connectivity index is 1.96. The third-order valence-corrected chi connectivity index (χ3v) is 4.31. The molecule has 5 heteroatoms. The van der Waals surface area contributed by atoms with Crippen molar-refractivity contribution in [1.82, 2.24) is 5.32 Å². The highest BCUT2D eigenvalue weighted by molar-refractivity contribution is 7.20. The lowest BCUT2D eigenvalue weighted by atomic mass is 10.1. The Kier molecular flexibility index (Phi) is 4.50. The number of ether oxygens (including phenoxy) is 1. The molecule has 2 nitrogen and oxygen atoms in total. The van der Waals surface area contributed by atoms with E-state index in [0.717, 1.165) is 33.9 Å². The summed E-state index contributed by atoms with van der Waals surface area (Å²) >= 11 is 13.5. The number of hydrogen-bond acceptors (Lipinski definition) is 3. The van der Waals surface area contributed by atoms with Gasteiger partial charge < -0.3 is 10.1 Å². The molecule has 2 rings (SSSR count). The molecule has 0 aliphatic carbocycles. The van der Waals surface area contributed by atoms with Crippen molar-refractivity contribution in [2.75, 3.05) is 13.2 Å². The topological polar surface area (TPSA) is 21.3 Å². The fourth-order valence-electron chi connectivity index (χ4n) is 1.96. The molecule has 2 unspecified atom stereocenters. The van der Waals surface area contributed by atoms with E-state index in [0.29, 0.717) is 6.04 Å². The zero-order valence-corrected chi connectivity index (χ0v) is 11.5. The molecule has 0 spiro atoms. The second-order valence-electron chi connectivity index (χ2n) is 4.08. The monoisotopic (exact) mass is 279 g/mol. The molecule has 1 fully saturated rings. The third-order valence-electron chi connectivity index (χ3n) is 2.80. The summed E-state index contributed by atoms with van der Waals surface area (Å²) in [6.45, 7) is 3.79. The molecule has 16 heavy (non-hydrogen) atoms. The molecule has 0 saturated carbocycles. The van der Waals surface area contributed by atoms with Gasteiger partial charge in [-0.25, -0.2) is 0 Å². The van der Waals surface area contributed by atoms with Gasteiger partial charge in [0, 0.05) is 18.7 Å². The quantitative estimate of drug-likeness (QED) is 0.907. The van der Waals surface area contributed by atoms with Crippen molar-refractivity contribution in [3.05, 3.63) is 20.3 Å². The maximum Gasteiger partial charge on any atom is 0.0991 e. The standard InChI is InChI=1S/C11H15Cl2NOS/c1-7(9-5-10(12)16-11(9)13)14-8-3-2-4-15-6-8/h5,7-8,14H,2-4,6H2,1H3. The van der Waals surface area contributed by atoms with Crippen LogP contribution in [-0.2, 0) is 4.74 Å². The molecular formula is C11H15Cl2NOS. The van der Waals surface area contributed by atoms with Crippen molar-refractivity contribution in [2.45, 2.75) is 31.8 Å². The van der Waals surface area contributed by atoms with Crippen molar-refractivity contribution in [2.24, 2.45) is 0 Å². The normalized spacial score (nSPS) is 23.3. The van der Waals surface area contributed by atoms with E-state index in [1.165, 1.54) is 17.8 Å². The smallest absolute Gasteiger partial charge is 0.0991 e. The number of halogens is 2. The van der Waals surface area contributed by atoms with E-state index in [1.807, 2.05) is 6.07 Å². The van der Waals surface area contributed by atoms with Crippen LogP contribution in [0.1, 0.15) is 31.4 Å². The van der Waals surface area contributed by atoms with E-state index in [4.69, 9.17) is 27.9 Å². The highest BCUT2D eigenvalue weighted by Gasteiger charge is 2.19. The van der Waals surface area contributed by atoms with Crippen molar-refractivity contribution in [1.29, 1.82) is 0 Å². The van der Waals surface area contributed by atoms with E-state index in [-0.39, 0.29) is 6.04 Å². The van der Waals surface area contributed by atoms with Crippen LogP contribution < -0.4 is 5.32 Å². The molecule has 0 radical (unpaired) electrons. The lowest BCUT2D eigenvalue weighted by Crippen LogP contribution is -2.38. The number of nitrogens with one attached hydrogen (secondary N) is 1. The molecule has 2 heterocycles. The summed E-state index contributed by atoms with van der Waals surface area (Å²) in [7, 11) is 0. The molecule has 1 saturated heterocycles. The molecule has 0 amide bonds. The third kappa shape index (κ3) is 3.11. The Morgan fingerprint density at radius 3 is 2.94 bits per heavy atom. The SMILES string of the molecule is CC(NC1CCCOC1)c1cc(Cl)sc1Cl. The van der Waals surface area contributed by atoms with Gasteiger partial charge in [0.2, 0.25) is 0 Å². The molecule has 1 aromatic rings. The van der Waals surface area contributed by atoms with Crippen molar-refractivity contribution in [3.63, 3.8) is 0 Å². The van der Waals surface area contributed by atoms with Gasteiger partial charge in [-0.3, -0.25) is 0 Å². The fourth-order valence-corrected chi connectivity index (χ4v) is 3.61. The van der Waals surface area contributed by atoms with Crippen LogP contribution in [-0.4, -0.2) is 19.3 Å². The van der Waals surface area contributed by atoms with Gasteiger partial charge in [-0.2, -0.15) is 0 Å². The van der Waals surface area contributed by atoms with Gasteiger partial charge in [-0.05, 0) is 31.4 Å². The Labute approximate surface area is 110 Å². The van der Waals surface area contributed by atoms with Crippen LogP contribution >= 0.6 is 34.5 Å². The van der Waals surface area contributed by atoms with Gasteiger partial charge in [-0.15, -0.1) is 11.3 Å². The van der Waals surface area contributed by atoms with Gasteiger partial charge in [0.25, 0.3) is 0 Å². The molecular weight excluding hydrogens is 265 g/mol. The summed E-state index contributed by atoms with van der Waals surface area (Å²) in [5.41, 5.74) is 1.09. The second kappa shape index (κ2) is 5.69. The predicted molar refractivity (Wildman–Crippen MR) is 69.7 cm³/mol. The van der Waals surface area contributed by atoms with Crippen LogP contribution in [0.5, 0.6) is 0 Å². The summed E-state index contributed by atoms with van der Waals surface area (Å²) in [5.74, 6) is 0. The molecule has 1 N–H and O–H groups in total. The summed E-state index contributed by atoms with van der Waals surface area (Å²) < 4.78 is 6.96. The number of rotatable bonds is 3.